The standard InChI is InChI=1S/C22H26ClNO5/c1-22(2,3)21(26)24-17-10-9-16(23)11-15(17)13-29-19(25)12-14-7-6-8-18(27-4)20(14)28-5/h6-11H,12-13H2,1-5H3,(H,24,26). The lowest BCUT2D eigenvalue weighted by Crippen LogP contribution is -2.28. The highest BCUT2D eigenvalue weighted by atomic mass is 35.5. The Morgan fingerprint density at radius 3 is 2.38 bits per heavy atom. The number of nitrogens with one attached hydrogen (secondary N) is 1. The first-order chi connectivity index (χ1) is 13.7. The Morgan fingerprint density at radius 2 is 1.76 bits per heavy atom. The summed E-state index contributed by atoms with van der Waals surface area (Å²) >= 11 is 6.08. The van der Waals surface area contributed by atoms with Gasteiger partial charge in [-0.2, -0.15) is 0 Å². The Morgan fingerprint density at radius 1 is 1.03 bits per heavy atom. The maximum atomic E-state index is 12.4. The van der Waals surface area contributed by atoms with Crippen molar-refractivity contribution in [2.75, 3.05) is 19.5 Å². The third-order valence-corrected chi connectivity index (χ3v) is 4.44. The van der Waals surface area contributed by atoms with Gasteiger partial charge in [0.25, 0.3) is 0 Å². The summed E-state index contributed by atoms with van der Waals surface area (Å²) in [6.45, 7) is 5.43. The van der Waals surface area contributed by atoms with Crippen LogP contribution in [0.25, 0.3) is 0 Å². The molecule has 0 heterocycles. The van der Waals surface area contributed by atoms with Gasteiger partial charge >= 0.3 is 5.97 Å². The number of methoxy groups -OCH3 is 2. The van der Waals surface area contributed by atoms with Crippen LogP contribution < -0.4 is 14.8 Å². The predicted octanol–water partition coefficient (Wildman–Crippen LogP) is 4.63. The van der Waals surface area contributed by atoms with Gasteiger partial charge in [0.05, 0.1) is 20.6 Å². The van der Waals surface area contributed by atoms with E-state index in [4.69, 9.17) is 25.8 Å². The highest BCUT2D eigenvalue weighted by Crippen LogP contribution is 2.31. The third-order valence-electron chi connectivity index (χ3n) is 4.20. The summed E-state index contributed by atoms with van der Waals surface area (Å²) in [5, 5.41) is 3.34. The van der Waals surface area contributed by atoms with Gasteiger partial charge in [-0.1, -0.05) is 44.5 Å². The monoisotopic (exact) mass is 419 g/mol. The van der Waals surface area contributed by atoms with Crippen molar-refractivity contribution in [2.24, 2.45) is 5.41 Å². The van der Waals surface area contributed by atoms with Crippen LogP contribution in [-0.2, 0) is 27.4 Å². The number of halogens is 1. The van der Waals surface area contributed by atoms with Gasteiger partial charge in [0.15, 0.2) is 11.5 Å². The minimum absolute atomic E-state index is 0.0185. The zero-order valence-corrected chi connectivity index (χ0v) is 18.1. The van der Waals surface area contributed by atoms with Crippen LogP contribution in [0.5, 0.6) is 11.5 Å². The van der Waals surface area contributed by atoms with E-state index in [2.05, 4.69) is 5.32 Å². The normalized spacial score (nSPS) is 11.0. The zero-order chi connectivity index (χ0) is 21.6. The van der Waals surface area contributed by atoms with Crippen molar-refractivity contribution in [3.63, 3.8) is 0 Å². The van der Waals surface area contributed by atoms with E-state index in [1.807, 2.05) is 20.8 Å². The summed E-state index contributed by atoms with van der Waals surface area (Å²) in [4.78, 5) is 24.7. The summed E-state index contributed by atoms with van der Waals surface area (Å²) in [6.07, 6.45) is 0.0185. The van der Waals surface area contributed by atoms with E-state index in [9.17, 15) is 9.59 Å². The first-order valence-corrected chi connectivity index (χ1v) is 9.49. The SMILES string of the molecule is COc1cccc(CC(=O)OCc2cc(Cl)ccc2NC(=O)C(C)(C)C)c1OC. The van der Waals surface area contributed by atoms with Crippen molar-refractivity contribution in [3.8, 4) is 11.5 Å². The third kappa shape index (κ3) is 6.12. The minimum Gasteiger partial charge on any atom is -0.493 e. The summed E-state index contributed by atoms with van der Waals surface area (Å²) < 4.78 is 16.0. The van der Waals surface area contributed by atoms with Crippen LogP contribution in [0, 0.1) is 5.41 Å². The molecule has 0 fully saturated rings. The van der Waals surface area contributed by atoms with E-state index < -0.39 is 11.4 Å². The van der Waals surface area contributed by atoms with E-state index in [-0.39, 0.29) is 18.9 Å². The molecule has 2 rings (SSSR count). The molecule has 29 heavy (non-hydrogen) atoms. The number of hydrogen-bond acceptors (Lipinski definition) is 5. The molecule has 6 nitrogen and oxygen atoms in total. The second-order valence-electron chi connectivity index (χ2n) is 7.50. The molecule has 2 aromatic carbocycles. The average Bonchev–Trinajstić information content (AvgIpc) is 2.67. The molecule has 156 valence electrons. The van der Waals surface area contributed by atoms with E-state index in [1.165, 1.54) is 14.2 Å². The van der Waals surface area contributed by atoms with Crippen molar-refractivity contribution in [3.05, 3.63) is 52.5 Å². The molecule has 0 atom stereocenters. The van der Waals surface area contributed by atoms with Crippen molar-refractivity contribution < 1.29 is 23.8 Å². The summed E-state index contributed by atoms with van der Waals surface area (Å²) in [5.74, 6) is 0.450. The van der Waals surface area contributed by atoms with Crippen molar-refractivity contribution in [1.29, 1.82) is 0 Å². The maximum Gasteiger partial charge on any atom is 0.310 e. The fourth-order valence-corrected chi connectivity index (χ4v) is 2.77. The molecule has 0 radical (unpaired) electrons. The predicted molar refractivity (Wildman–Crippen MR) is 113 cm³/mol. The molecule has 1 amide bonds. The van der Waals surface area contributed by atoms with E-state index in [0.717, 1.165) is 0 Å². The lowest BCUT2D eigenvalue weighted by atomic mass is 9.95. The van der Waals surface area contributed by atoms with Gasteiger partial charge in [0.1, 0.15) is 6.61 Å². The van der Waals surface area contributed by atoms with E-state index >= 15 is 0 Å². The number of hydrogen-bond donors (Lipinski definition) is 1. The van der Waals surface area contributed by atoms with Crippen molar-refractivity contribution in [1.82, 2.24) is 0 Å². The van der Waals surface area contributed by atoms with Crippen LogP contribution in [0.3, 0.4) is 0 Å². The van der Waals surface area contributed by atoms with Gasteiger partial charge in [0.2, 0.25) is 5.91 Å². The lowest BCUT2D eigenvalue weighted by molar-refractivity contribution is -0.144. The number of ether oxygens (including phenoxy) is 3. The second-order valence-corrected chi connectivity index (χ2v) is 7.93. The number of rotatable bonds is 7. The molecule has 0 bridgehead atoms. The maximum absolute atomic E-state index is 12.4. The summed E-state index contributed by atoms with van der Waals surface area (Å²) in [7, 11) is 3.05. The fraction of sp³-hybridized carbons (Fsp3) is 0.364. The lowest BCUT2D eigenvalue weighted by Gasteiger charge is -2.19. The number of para-hydroxylation sites is 1. The topological polar surface area (TPSA) is 73.9 Å². The quantitative estimate of drug-likeness (QED) is 0.662. The largest absolute Gasteiger partial charge is 0.493 e. The van der Waals surface area contributed by atoms with Crippen molar-refractivity contribution in [2.45, 2.75) is 33.8 Å². The Bertz CT molecular complexity index is 889. The molecule has 1 N–H and O–H groups in total. The molecular weight excluding hydrogens is 394 g/mol. The van der Waals surface area contributed by atoms with Gasteiger partial charge in [-0.05, 0) is 24.3 Å². The second kappa shape index (κ2) is 9.65. The first-order valence-electron chi connectivity index (χ1n) is 9.11. The molecule has 2 aromatic rings. The summed E-state index contributed by atoms with van der Waals surface area (Å²) in [5.41, 5.74) is 1.27. The number of carbonyl (C=O) groups excluding carboxylic acids is 2. The number of anilines is 1. The highest BCUT2D eigenvalue weighted by molar-refractivity contribution is 6.30. The Labute approximate surface area is 176 Å². The molecule has 0 aliphatic heterocycles. The van der Waals surface area contributed by atoms with Crippen LogP contribution in [0.1, 0.15) is 31.9 Å². The molecule has 0 aliphatic carbocycles. The molecule has 0 saturated heterocycles. The average molecular weight is 420 g/mol. The van der Waals surface area contributed by atoms with Crippen molar-refractivity contribution >= 4 is 29.2 Å². The van der Waals surface area contributed by atoms with Crippen LogP contribution >= 0.6 is 11.6 Å². The van der Waals surface area contributed by atoms with Crippen LogP contribution in [-0.4, -0.2) is 26.1 Å². The summed E-state index contributed by atoms with van der Waals surface area (Å²) in [6, 6.07) is 10.3. The van der Waals surface area contributed by atoms with Gasteiger partial charge < -0.3 is 19.5 Å². The zero-order valence-electron chi connectivity index (χ0n) is 17.3. The Hall–Kier alpha value is -2.73. The fourth-order valence-electron chi connectivity index (χ4n) is 2.57. The molecule has 0 aromatic heterocycles. The van der Waals surface area contributed by atoms with Gasteiger partial charge in [-0.15, -0.1) is 0 Å². The van der Waals surface area contributed by atoms with Gasteiger partial charge in [0, 0.05) is 27.3 Å². The van der Waals surface area contributed by atoms with Crippen LogP contribution in [0.2, 0.25) is 5.02 Å². The first kappa shape index (κ1) is 22.6. The van der Waals surface area contributed by atoms with Gasteiger partial charge in [-0.3, -0.25) is 9.59 Å². The highest BCUT2D eigenvalue weighted by Gasteiger charge is 2.22. The molecular formula is C22H26ClNO5. The number of amides is 1. The minimum atomic E-state index is -0.559. The number of carbonyl (C=O) groups is 2. The Kier molecular flexibility index (Phi) is 7.51. The number of benzene rings is 2. The smallest absolute Gasteiger partial charge is 0.310 e. The van der Waals surface area contributed by atoms with Crippen LogP contribution in [0.15, 0.2) is 36.4 Å². The molecule has 0 spiro atoms. The molecule has 0 aliphatic rings. The Balaban J connectivity index is 2.11. The van der Waals surface area contributed by atoms with Gasteiger partial charge in [-0.25, -0.2) is 0 Å². The molecule has 0 unspecified atom stereocenters. The molecule has 7 heteroatoms. The van der Waals surface area contributed by atoms with E-state index in [1.54, 1.807) is 36.4 Å². The number of esters is 1. The van der Waals surface area contributed by atoms with E-state index in [0.29, 0.717) is 33.3 Å². The molecule has 0 saturated carbocycles. The van der Waals surface area contributed by atoms with Crippen LogP contribution in [0.4, 0.5) is 5.69 Å².